The van der Waals surface area contributed by atoms with Crippen molar-refractivity contribution in [3.8, 4) is 0 Å². The molecule has 2 aromatic rings. The Morgan fingerprint density at radius 3 is 2.75 bits per heavy atom. The zero-order valence-electron chi connectivity index (χ0n) is 11.8. The molecule has 1 unspecified atom stereocenters. The lowest BCUT2D eigenvalue weighted by Gasteiger charge is -2.16. The van der Waals surface area contributed by atoms with Crippen molar-refractivity contribution >= 4 is 21.6 Å². The fourth-order valence-electron chi connectivity index (χ4n) is 2.20. The van der Waals surface area contributed by atoms with Gasteiger partial charge in [0.1, 0.15) is 5.82 Å². The first-order chi connectivity index (χ1) is 9.54. The molecule has 20 heavy (non-hydrogen) atoms. The first kappa shape index (κ1) is 15.0. The van der Waals surface area contributed by atoms with Crippen molar-refractivity contribution in [1.82, 2.24) is 0 Å². The van der Waals surface area contributed by atoms with Gasteiger partial charge >= 0.3 is 0 Å². The lowest BCUT2D eigenvalue weighted by Crippen LogP contribution is -2.16. The molecule has 0 radical (unpaired) electrons. The molecule has 0 heterocycles. The highest BCUT2D eigenvalue weighted by Gasteiger charge is 2.07. The Hall–Kier alpha value is -1.35. The summed E-state index contributed by atoms with van der Waals surface area (Å²) >= 11 is 3.36. The van der Waals surface area contributed by atoms with Gasteiger partial charge in [0.25, 0.3) is 0 Å². The third-order valence-electron chi connectivity index (χ3n) is 3.28. The lowest BCUT2D eigenvalue weighted by molar-refractivity contribution is 0.621. The van der Waals surface area contributed by atoms with E-state index in [4.69, 9.17) is 0 Å². The molecule has 2 rings (SSSR count). The van der Waals surface area contributed by atoms with Crippen LogP contribution in [0.15, 0.2) is 46.9 Å². The van der Waals surface area contributed by atoms with Gasteiger partial charge in [0.15, 0.2) is 0 Å². The van der Waals surface area contributed by atoms with Crippen LogP contribution in [0.25, 0.3) is 0 Å². The molecule has 1 N–H and O–H groups in total. The van der Waals surface area contributed by atoms with Crippen LogP contribution in [0, 0.1) is 12.7 Å². The second-order valence-electron chi connectivity index (χ2n) is 5.20. The zero-order valence-corrected chi connectivity index (χ0v) is 13.4. The molecule has 0 saturated carbocycles. The van der Waals surface area contributed by atoms with Gasteiger partial charge in [0, 0.05) is 10.5 Å². The lowest BCUT2D eigenvalue weighted by atomic mass is 10.0. The predicted octanol–water partition coefficient (Wildman–Crippen LogP) is 5.33. The van der Waals surface area contributed by atoms with Gasteiger partial charge in [-0.25, -0.2) is 4.39 Å². The van der Waals surface area contributed by atoms with Crippen LogP contribution >= 0.6 is 15.9 Å². The first-order valence-electron chi connectivity index (χ1n) is 6.82. The Bertz CT molecular complexity index is 583. The minimum absolute atomic E-state index is 0.212. The highest BCUT2D eigenvalue weighted by atomic mass is 79.9. The van der Waals surface area contributed by atoms with E-state index < -0.39 is 0 Å². The van der Waals surface area contributed by atoms with Gasteiger partial charge in [-0.05, 0) is 50.5 Å². The van der Waals surface area contributed by atoms with E-state index in [1.54, 1.807) is 12.1 Å². The summed E-state index contributed by atoms with van der Waals surface area (Å²) in [7, 11) is 0. The quantitative estimate of drug-likeness (QED) is 0.778. The smallest absolute Gasteiger partial charge is 0.146 e. The van der Waals surface area contributed by atoms with Crippen LogP contribution in [-0.4, -0.2) is 6.04 Å². The molecule has 0 aromatic heterocycles. The second-order valence-corrected chi connectivity index (χ2v) is 6.11. The van der Waals surface area contributed by atoms with Crippen LogP contribution in [0.3, 0.4) is 0 Å². The maximum absolute atomic E-state index is 13.7. The standard InChI is InChI=1S/C17H19BrFN/c1-12-4-3-5-14(10-12)7-6-13(2)20-17-11-15(18)8-9-16(17)19/h3-5,8-11,13,20H,6-7H2,1-2H3. The molecule has 0 saturated heterocycles. The largest absolute Gasteiger partial charge is 0.380 e. The normalized spacial score (nSPS) is 12.2. The Balaban J connectivity index is 1.92. The Morgan fingerprint density at radius 1 is 1.20 bits per heavy atom. The fourth-order valence-corrected chi connectivity index (χ4v) is 2.56. The first-order valence-corrected chi connectivity index (χ1v) is 7.61. The molecular weight excluding hydrogens is 317 g/mol. The molecule has 0 aliphatic heterocycles. The number of aryl methyl sites for hydroxylation is 2. The molecule has 0 fully saturated rings. The van der Waals surface area contributed by atoms with Gasteiger partial charge in [-0.2, -0.15) is 0 Å². The minimum Gasteiger partial charge on any atom is -0.380 e. The predicted molar refractivity (Wildman–Crippen MR) is 86.7 cm³/mol. The van der Waals surface area contributed by atoms with Crippen LogP contribution in [0.4, 0.5) is 10.1 Å². The molecule has 3 heteroatoms. The van der Waals surface area contributed by atoms with Crippen molar-refractivity contribution in [3.63, 3.8) is 0 Å². The van der Waals surface area contributed by atoms with Crippen molar-refractivity contribution in [2.75, 3.05) is 5.32 Å². The third-order valence-corrected chi connectivity index (χ3v) is 3.77. The molecule has 1 atom stereocenters. The maximum Gasteiger partial charge on any atom is 0.146 e. The number of nitrogens with one attached hydrogen (secondary N) is 1. The summed E-state index contributed by atoms with van der Waals surface area (Å²) < 4.78 is 14.5. The monoisotopic (exact) mass is 335 g/mol. The summed E-state index contributed by atoms with van der Waals surface area (Å²) in [6.07, 6.45) is 1.96. The van der Waals surface area contributed by atoms with E-state index >= 15 is 0 Å². The summed E-state index contributed by atoms with van der Waals surface area (Å²) in [6.45, 7) is 4.18. The molecule has 0 spiro atoms. The van der Waals surface area contributed by atoms with E-state index in [0.717, 1.165) is 17.3 Å². The van der Waals surface area contributed by atoms with Gasteiger partial charge in [-0.3, -0.25) is 0 Å². The summed E-state index contributed by atoms with van der Waals surface area (Å²) in [4.78, 5) is 0. The number of benzene rings is 2. The van der Waals surface area contributed by atoms with E-state index in [2.05, 4.69) is 59.4 Å². The number of hydrogen-bond donors (Lipinski definition) is 1. The Morgan fingerprint density at radius 2 is 2.00 bits per heavy atom. The van der Waals surface area contributed by atoms with Gasteiger partial charge < -0.3 is 5.32 Å². The third kappa shape index (κ3) is 4.34. The molecule has 1 nitrogen and oxygen atoms in total. The second kappa shape index (κ2) is 6.89. The van der Waals surface area contributed by atoms with Crippen molar-refractivity contribution in [2.45, 2.75) is 32.7 Å². The van der Waals surface area contributed by atoms with E-state index in [-0.39, 0.29) is 11.9 Å². The van der Waals surface area contributed by atoms with Crippen molar-refractivity contribution in [2.24, 2.45) is 0 Å². The molecule has 0 aliphatic rings. The van der Waals surface area contributed by atoms with Gasteiger partial charge in [0.2, 0.25) is 0 Å². The van der Waals surface area contributed by atoms with Gasteiger partial charge in [-0.15, -0.1) is 0 Å². The van der Waals surface area contributed by atoms with Crippen LogP contribution in [0.5, 0.6) is 0 Å². The number of anilines is 1. The zero-order chi connectivity index (χ0) is 14.5. The molecule has 0 amide bonds. The topological polar surface area (TPSA) is 12.0 Å². The Kier molecular flexibility index (Phi) is 5.18. The van der Waals surface area contributed by atoms with E-state index in [0.29, 0.717) is 5.69 Å². The van der Waals surface area contributed by atoms with Crippen LogP contribution in [0.2, 0.25) is 0 Å². The van der Waals surface area contributed by atoms with Crippen LogP contribution in [-0.2, 0) is 6.42 Å². The number of halogens is 2. The Labute approximate surface area is 128 Å². The van der Waals surface area contributed by atoms with Crippen molar-refractivity contribution < 1.29 is 4.39 Å². The molecule has 106 valence electrons. The highest BCUT2D eigenvalue weighted by molar-refractivity contribution is 9.10. The summed E-state index contributed by atoms with van der Waals surface area (Å²) in [5.41, 5.74) is 3.16. The van der Waals surface area contributed by atoms with Crippen LogP contribution in [0.1, 0.15) is 24.5 Å². The molecule has 0 bridgehead atoms. The minimum atomic E-state index is -0.212. The van der Waals surface area contributed by atoms with E-state index in [1.807, 2.05) is 0 Å². The average molecular weight is 336 g/mol. The summed E-state index contributed by atoms with van der Waals surface area (Å²) in [6, 6.07) is 13.7. The molecule has 2 aromatic carbocycles. The van der Waals surface area contributed by atoms with Crippen molar-refractivity contribution in [3.05, 3.63) is 63.9 Å². The van der Waals surface area contributed by atoms with E-state index in [1.165, 1.54) is 17.2 Å². The summed E-state index contributed by atoms with van der Waals surface area (Å²) in [5, 5.41) is 3.23. The molecular formula is C17H19BrFN. The van der Waals surface area contributed by atoms with Crippen molar-refractivity contribution in [1.29, 1.82) is 0 Å². The highest BCUT2D eigenvalue weighted by Crippen LogP contribution is 2.21. The average Bonchev–Trinajstić information content (AvgIpc) is 2.41. The van der Waals surface area contributed by atoms with Gasteiger partial charge in [-0.1, -0.05) is 45.8 Å². The van der Waals surface area contributed by atoms with Gasteiger partial charge in [0.05, 0.1) is 5.69 Å². The van der Waals surface area contributed by atoms with E-state index in [9.17, 15) is 4.39 Å². The number of rotatable bonds is 5. The summed E-state index contributed by atoms with van der Waals surface area (Å²) in [5.74, 6) is -0.212. The van der Waals surface area contributed by atoms with Crippen LogP contribution < -0.4 is 5.32 Å². The fraction of sp³-hybridized carbons (Fsp3) is 0.294. The number of hydrogen-bond acceptors (Lipinski definition) is 1. The maximum atomic E-state index is 13.7. The SMILES string of the molecule is Cc1cccc(CCC(C)Nc2cc(Br)ccc2F)c1. The molecule has 0 aliphatic carbocycles.